The van der Waals surface area contributed by atoms with Gasteiger partial charge in [-0.25, -0.2) is 12.8 Å². The fourth-order valence-corrected chi connectivity index (χ4v) is 2.46. The number of rotatable bonds is 5. The van der Waals surface area contributed by atoms with E-state index in [0.717, 1.165) is 6.26 Å². The molecule has 0 aliphatic rings. The predicted octanol–water partition coefficient (Wildman–Crippen LogP) is 2.20. The molecule has 0 fully saturated rings. The van der Waals surface area contributed by atoms with Crippen LogP contribution < -0.4 is 0 Å². The van der Waals surface area contributed by atoms with Crippen LogP contribution in [0.1, 0.15) is 10.4 Å². The summed E-state index contributed by atoms with van der Waals surface area (Å²) in [5, 5.41) is 4.09. The summed E-state index contributed by atoms with van der Waals surface area (Å²) in [6, 6.07) is 4.01. The number of hydrogen-bond donors (Lipinski definition) is 0. The van der Waals surface area contributed by atoms with E-state index >= 15 is 0 Å². The molecule has 1 aromatic heterocycles. The third-order valence-electron chi connectivity index (χ3n) is 2.80. The average Bonchev–Trinajstić information content (AvgIpc) is 2.82. The summed E-state index contributed by atoms with van der Waals surface area (Å²) >= 11 is 5.71. The number of benzene rings is 1. The van der Waals surface area contributed by atoms with Crippen LogP contribution in [0.15, 0.2) is 24.4 Å². The largest absolute Gasteiger partial charge is 0.298 e. The number of nitrogens with zero attached hydrogens (tertiary/aromatic N) is 2. The fourth-order valence-electron chi connectivity index (χ4n) is 1.76. The van der Waals surface area contributed by atoms with Crippen LogP contribution in [-0.4, -0.2) is 36.5 Å². The van der Waals surface area contributed by atoms with Crippen LogP contribution in [0.3, 0.4) is 0 Å². The molecule has 1 aromatic carbocycles. The summed E-state index contributed by atoms with van der Waals surface area (Å²) in [7, 11) is -3.13. The number of carbonyl (C=O) groups excluding carboxylic acids is 1. The molecule has 5 nitrogen and oxygen atoms in total. The van der Waals surface area contributed by atoms with Gasteiger partial charge in [-0.15, -0.1) is 0 Å². The van der Waals surface area contributed by atoms with Crippen molar-refractivity contribution in [3.8, 4) is 11.3 Å². The monoisotopic (exact) mass is 330 g/mol. The van der Waals surface area contributed by atoms with Crippen molar-refractivity contribution < 1.29 is 17.6 Å². The van der Waals surface area contributed by atoms with Gasteiger partial charge in [0.2, 0.25) is 0 Å². The Morgan fingerprint density at radius 1 is 1.43 bits per heavy atom. The molecule has 2 aromatic rings. The van der Waals surface area contributed by atoms with Gasteiger partial charge in [-0.2, -0.15) is 5.10 Å². The third kappa shape index (κ3) is 3.89. The van der Waals surface area contributed by atoms with Crippen molar-refractivity contribution in [3.05, 3.63) is 40.8 Å². The molecule has 0 unspecified atom stereocenters. The number of aromatic nitrogens is 2. The summed E-state index contributed by atoms with van der Waals surface area (Å²) < 4.78 is 36.8. The van der Waals surface area contributed by atoms with Crippen LogP contribution in [-0.2, 0) is 16.4 Å². The van der Waals surface area contributed by atoms with Crippen LogP contribution in [0.5, 0.6) is 0 Å². The van der Waals surface area contributed by atoms with Gasteiger partial charge in [0.15, 0.2) is 6.29 Å². The van der Waals surface area contributed by atoms with Crippen LogP contribution in [0.2, 0.25) is 5.02 Å². The van der Waals surface area contributed by atoms with Crippen LogP contribution in [0, 0.1) is 5.82 Å². The smallest absolute Gasteiger partial charge is 0.153 e. The maximum absolute atomic E-state index is 13.2. The van der Waals surface area contributed by atoms with Crippen LogP contribution >= 0.6 is 11.6 Å². The van der Waals surface area contributed by atoms with Gasteiger partial charge in [0.25, 0.3) is 0 Å². The third-order valence-corrected chi connectivity index (χ3v) is 4.01. The minimum absolute atomic E-state index is 0.0740. The van der Waals surface area contributed by atoms with E-state index in [1.165, 1.54) is 29.1 Å². The SMILES string of the molecule is CS(=O)(=O)CCn1cc(C=O)c(-c2ccc(F)c(Cl)c2)n1. The Balaban J connectivity index is 2.37. The van der Waals surface area contributed by atoms with Crippen molar-refractivity contribution >= 4 is 27.7 Å². The topological polar surface area (TPSA) is 69.0 Å². The van der Waals surface area contributed by atoms with Gasteiger partial charge in [-0.3, -0.25) is 9.48 Å². The second-order valence-electron chi connectivity index (χ2n) is 4.57. The van der Waals surface area contributed by atoms with Crippen molar-refractivity contribution in [2.24, 2.45) is 0 Å². The van der Waals surface area contributed by atoms with E-state index in [0.29, 0.717) is 17.5 Å². The molecule has 112 valence electrons. The fraction of sp³-hybridized carbons (Fsp3) is 0.231. The highest BCUT2D eigenvalue weighted by atomic mass is 35.5. The van der Waals surface area contributed by atoms with E-state index in [9.17, 15) is 17.6 Å². The molecule has 1 heterocycles. The van der Waals surface area contributed by atoms with E-state index < -0.39 is 15.7 Å². The molecular weight excluding hydrogens is 319 g/mol. The molecule has 0 saturated carbocycles. The Labute approximate surface area is 126 Å². The maximum Gasteiger partial charge on any atom is 0.153 e. The lowest BCUT2D eigenvalue weighted by molar-refractivity contribution is 0.112. The summed E-state index contributed by atoms with van der Waals surface area (Å²) in [5.41, 5.74) is 1.10. The highest BCUT2D eigenvalue weighted by molar-refractivity contribution is 7.90. The van der Waals surface area contributed by atoms with Crippen LogP contribution in [0.25, 0.3) is 11.3 Å². The molecule has 0 bridgehead atoms. The van der Waals surface area contributed by atoms with Crippen molar-refractivity contribution in [1.29, 1.82) is 0 Å². The molecule has 0 saturated heterocycles. The number of aryl methyl sites for hydroxylation is 1. The Kier molecular flexibility index (Phi) is 4.43. The summed E-state index contributed by atoms with van der Waals surface area (Å²) in [4.78, 5) is 11.1. The molecule has 0 atom stereocenters. The van der Waals surface area contributed by atoms with E-state index in [1.807, 2.05) is 0 Å². The molecule has 21 heavy (non-hydrogen) atoms. The number of aldehydes is 1. The van der Waals surface area contributed by atoms with E-state index in [1.54, 1.807) is 0 Å². The number of hydrogen-bond acceptors (Lipinski definition) is 4. The Hall–Kier alpha value is -1.73. The van der Waals surface area contributed by atoms with Gasteiger partial charge in [0.05, 0.1) is 22.9 Å². The zero-order valence-electron chi connectivity index (χ0n) is 11.1. The predicted molar refractivity (Wildman–Crippen MR) is 77.7 cm³/mol. The highest BCUT2D eigenvalue weighted by Crippen LogP contribution is 2.25. The average molecular weight is 331 g/mol. The lowest BCUT2D eigenvalue weighted by Crippen LogP contribution is -2.11. The molecular formula is C13H12ClFN2O3S. The molecule has 2 rings (SSSR count). The summed E-state index contributed by atoms with van der Waals surface area (Å²) in [6.07, 6.45) is 3.18. The van der Waals surface area contributed by atoms with E-state index in [4.69, 9.17) is 11.6 Å². The Bertz CT molecular complexity index is 787. The quantitative estimate of drug-likeness (QED) is 0.788. The minimum Gasteiger partial charge on any atom is -0.298 e. The highest BCUT2D eigenvalue weighted by Gasteiger charge is 2.13. The second kappa shape index (κ2) is 5.95. The Morgan fingerprint density at radius 3 is 2.71 bits per heavy atom. The lowest BCUT2D eigenvalue weighted by atomic mass is 10.1. The van der Waals surface area contributed by atoms with Gasteiger partial charge in [-0.1, -0.05) is 11.6 Å². The van der Waals surface area contributed by atoms with Gasteiger partial charge in [-0.05, 0) is 18.2 Å². The maximum atomic E-state index is 13.2. The van der Waals surface area contributed by atoms with Gasteiger partial charge >= 0.3 is 0 Å². The molecule has 0 aliphatic heterocycles. The number of halogens is 2. The standard InChI is InChI=1S/C13H12ClFN2O3S/c1-21(19,20)5-4-17-7-10(8-18)13(16-17)9-2-3-12(15)11(14)6-9/h2-3,6-8H,4-5H2,1H3. The first-order valence-corrected chi connectivity index (χ1v) is 8.40. The molecule has 0 spiro atoms. The first-order chi connectivity index (χ1) is 9.80. The van der Waals surface area contributed by atoms with Crippen molar-refractivity contribution in [2.45, 2.75) is 6.54 Å². The zero-order valence-corrected chi connectivity index (χ0v) is 12.7. The van der Waals surface area contributed by atoms with Crippen LogP contribution in [0.4, 0.5) is 4.39 Å². The number of sulfone groups is 1. The molecule has 0 amide bonds. The molecule has 0 N–H and O–H groups in total. The van der Waals surface area contributed by atoms with Gasteiger partial charge in [0, 0.05) is 18.0 Å². The lowest BCUT2D eigenvalue weighted by Gasteiger charge is -2.01. The summed E-state index contributed by atoms with van der Waals surface area (Å²) in [6.45, 7) is 0.134. The first-order valence-electron chi connectivity index (χ1n) is 5.96. The molecule has 8 heteroatoms. The molecule has 0 aliphatic carbocycles. The van der Waals surface area contributed by atoms with E-state index in [2.05, 4.69) is 5.10 Å². The van der Waals surface area contributed by atoms with Gasteiger partial charge < -0.3 is 0 Å². The van der Waals surface area contributed by atoms with Gasteiger partial charge in [0.1, 0.15) is 21.3 Å². The summed E-state index contributed by atoms with van der Waals surface area (Å²) in [5.74, 6) is -0.652. The first kappa shape index (κ1) is 15.7. The number of carbonyl (C=O) groups is 1. The van der Waals surface area contributed by atoms with Crippen molar-refractivity contribution in [3.63, 3.8) is 0 Å². The van der Waals surface area contributed by atoms with E-state index in [-0.39, 0.29) is 22.9 Å². The van der Waals surface area contributed by atoms with Crippen molar-refractivity contribution in [2.75, 3.05) is 12.0 Å². The van der Waals surface area contributed by atoms with Crippen molar-refractivity contribution in [1.82, 2.24) is 9.78 Å². The zero-order chi connectivity index (χ0) is 15.6. The minimum atomic E-state index is -3.13. The normalized spacial score (nSPS) is 11.6. The Morgan fingerprint density at radius 2 is 2.14 bits per heavy atom. The second-order valence-corrected chi connectivity index (χ2v) is 7.24. The molecule has 0 radical (unpaired) electrons.